The number of nitrogens with zero attached hydrogens (tertiary/aromatic N) is 3. The minimum atomic E-state index is -1.11. The molecule has 1 atom stereocenters. The molecule has 1 unspecified atom stereocenters. The van der Waals surface area contributed by atoms with Crippen LogP contribution in [0.1, 0.15) is 20.3 Å². The van der Waals surface area contributed by atoms with Gasteiger partial charge in [0.25, 0.3) is 6.29 Å². The zero-order valence-corrected chi connectivity index (χ0v) is 10.9. The predicted octanol–water partition coefficient (Wildman–Crippen LogP) is 0.721. The van der Waals surface area contributed by atoms with Gasteiger partial charge in [-0.2, -0.15) is 0 Å². The van der Waals surface area contributed by atoms with Crippen molar-refractivity contribution in [2.45, 2.75) is 26.6 Å². The van der Waals surface area contributed by atoms with Gasteiger partial charge in [-0.1, -0.05) is 0 Å². The molecule has 0 fully saturated rings. The van der Waals surface area contributed by atoms with Gasteiger partial charge in [0.15, 0.2) is 0 Å². The van der Waals surface area contributed by atoms with Crippen molar-refractivity contribution < 1.29 is 34.0 Å². The Bertz CT molecular complexity index is 334. The second kappa shape index (κ2) is 8.78. The molecule has 1 N–H and O–H groups in total. The number of rotatable bonds is 8. The number of aliphatic carboxylic acids is 1. The van der Waals surface area contributed by atoms with E-state index in [4.69, 9.17) is 5.11 Å². The van der Waals surface area contributed by atoms with Crippen LogP contribution in [0.4, 0.5) is 4.79 Å². The number of carboxylic acid groups (broad SMARTS) is 1. The summed E-state index contributed by atoms with van der Waals surface area (Å²) in [4.78, 5) is 25.8. The zero-order valence-electron chi connectivity index (χ0n) is 10.9. The molecule has 0 aliphatic heterocycles. The van der Waals surface area contributed by atoms with Crippen LogP contribution < -0.4 is 0 Å². The lowest BCUT2D eigenvalue weighted by Gasteiger charge is -2.13. The molecule has 0 aromatic heterocycles. The summed E-state index contributed by atoms with van der Waals surface area (Å²) >= 11 is 0. The smallest absolute Gasteiger partial charge is 0.511 e. The van der Waals surface area contributed by atoms with Crippen molar-refractivity contribution in [3.8, 4) is 0 Å². The molecule has 0 heterocycles. The van der Waals surface area contributed by atoms with Crippen molar-refractivity contribution in [1.82, 2.24) is 5.01 Å². The standard InChI is InChI=1S/C9H17N3O7/c1-4-17-9(15)18-7(2)19-10-12(16)11(3)6-5-8(13)14/h7H,4-6H2,1-3H3,(H,13,14)/b12-10-. The summed E-state index contributed by atoms with van der Waals surface area (Å²) in [6, 6.07) is 0. The minimum Gasteiger partial charge on any atom is -0.569 e. The van der Waals surface area contributed by atoms with E-state index in [0.29, 0.717) is 0 Å². The Balaban J connectivity index is 4.08. The SMILES string of the molecule is CCOC(=O)OC(C)O/N=[N+](\[O-])N(C)CCC(=O)O. The normalized spacial score (nSPS) is 12.5. The first-order chi connectivity index (χ1) is 8.86. The van der Waals surface area contributed by atoms with Crippen molar-refractivity contribution in [3.05, 3.63) is 5.21 Å². The van der Waals surface area contributed by atoms with E-state index in [2.05, 4.69) is 19.6 Å². The molecule has 110 valence electrons. The lowest BCUT2D eigenvalue weighted by atomic mass is 10.4. The predicted molar refractivity (Wildman–Crippen MR) is 59.6 cm³/mol. The molecule has 0 saturated heterocycles. The quantitative estimate of drug-likeness (QED) is 0.226. The van der Waals surface area contributed by atoms with Crippen LogP contribution in [0.25, 0.3) is 0 Å². The summed E-state index contributed by atoms with van der Waals surface area (Å²) in [5, 5.41) is 23.8. The van der Waals surface area contributed by atoms with Crippen molar-refractivity contribution in [2.75, 3.05) is 20.2 Å². The van der Waals surface area contributed by atoms with Crippen LogP contribution in [-0.4, -0.2) is 53.7 Å². The van der Waals surface area contributed by atoms with Gasteiger partial charge in [-0.05, 0) is 6.92 Å². The van der Waals surface area contributed by atoms with Crippen LogP contribution in [0.3, 0.4) is 0 Å². The van der Waals surface area contributed by atoms with Crippen molar-refractivity contribution in [3.63, 3.8) is 0 Å². The summed E-state index contributed by atoms with van der Waals surface area (Å²) in [5.41, 5.74) is 0. The molecule has 0 aliphatic rings. The number of carboxylic acids is 1. The Labute approximate surface area is 109 Å². The third-order valence-electron chi connectivity index (χ3n) is 1.73. The molecule has 0 aliphatic carbocycles. The molecule has 10 nitrogen and oxygen atoms in total. The van der Waals surface area contributed by atoms with E-state index in [1.165, 1.54) is 14.0 Å². The maximum Gasteiger partial charge on any atom is 0.511 e. The zero-order chi connectivity index (χ0) is 14.8. The molecule has 0 radical (unpaired) electrons. The van der Waals surface area contributed by atoms with Gasteiger partial charge < -0.3 is 19.8 Å². The van der Waals surface area contributed by atoms with Gasteiger partial charge in [-0.25, -0.2) is 4.79 Å². The Morgan fingerprint density at radius 2 is 2.16 bits per heavy atom. The van der Waals surface area contributed by atoms with E-state index in [9.17, 15) is 14.8 Å². The van der Waals surface area contributed by atoms with Crippen LogP contribution in [0.2, 0.25) is 0 Å². The second-order valence-electron chi connectivity index (χ2n) is 3.33. The number of hydrazine groups is 1. The van der Waals surface area contributed by atoms with Crippen molar-refractivity contribution >= 4 is 12.1 Å². The van der Waals surface area contributed by atoms with Crippen LogP contribution in [0.15, 0.2) is 5.28 Å². The first kappa shape index (κ1) is 16.7. The summed E-state index contributed by atoms with van der Waals surface area (Å²) in [6.45, 7) is 3.05. The fraction of sp³-hybridized carbons (Fsp3) is 0.778. The first-order valence-corrected chi connectivity index (χ1v) is 5.47. The molecule has 19 heavy (non-hydrogen) atoms. The third kappa shape index (κ3) is 8.46. The van der Waals surface area contributed by atoms with Gasteiger partial charge in [0.2, 0.25) is 5.28 Å². The fourth-order valence-electron chi connectivity index (χ4n) is 0.821. The Morgan fingerprint density at radius 1 is 1.53 bits per heavy atom. The molecule has 0 rings (SSSR count). The highest BCUT2D eigenvalue weighted by atomic mass is 16.8. The van der Waals surface area contributed by atoms with Gasteiger partial charge in [0.05, 0.1) is 31.6 Å². The van der Waals surface area contributed by atoms with Crippen molar-refractivity contribution in [2.24, 2.45) is 5.28 Å². The van der Waals surface area contributed by atoms with E-state index >= 15 is 0 Å². The molecule has 0 aromatic carbocycles. The Morgan fingerprint density at radius 3 is 2.68 bits per heavy atom. The summed E-state index contributed by atoms with van der Waals surface area (Å²) in [6.07, 6.45) is -2.27. The molecule has 0 aromatic rings. The molecule has 0 saturated carbocycles. The lowest BCUT2D eigenvalue weighted by molar-refractivity contribution is -0.707. The van der Waals surface area contributed by atoms with Crippen molar-refractivity contribution in [1.29, 1.82) is 0 Å². The van der Waals surface area contributed by atoms with Crippen LogP contribution >= 0.6 is 0 Å². The van der Waals surface area contributed by atoms with E-state index in [0.717, 1.165) is 5.01 Å². The Hall–Kier alpha value is -2.26. The molecule has 0 spiro atoms. The highest BCUT2D eigenvalue weighted by Gasteiger charge is 2.14. The van der Waals surface area contributed by atoms with E-state index in [1.54, 1.807) is 6.92 Å². The van der Waals surface area contributed by atoms with Gasteiger partial charge in [-0.3, -0.25) is 9.63 Å². The number of hydrogen-bond donors (Lipinski definition) is 1. The van der Waals surface area contributed by atoms with Gasteiger partial charge >= 0.3 is 12.1 Å². The number of hydrogen-bond acceptors (Lipinski definition) is 7. The van der Waals surface area contributed by atoms with Crippen LogP contribution in [-0.2, 0) is 19.1 Å². The molecule has 0 bridgehead atoms. The van der Waals surface area contributed by atoms with E-state index < -0.39 is 18.4 Å². The fourth-order valence-corrected chi connectivity index (χ4v) is 0.821. The largest absolute Gasteiger partial charge is 0.569 e. The number of carbonyl (C=O) groups is 2. The maximum atomic E-state index is 11.3. The molecular formula is C9H17N3O7. The number of ether oxygens (including phenoxy) is 2. The summed E-state index contributed by atoms with van der Waals surface area (Å²) in [5.74, 6) is -1.04. The highest BCUT2D eigenvalue weighted by molar-refractivity contribution is 5.66. The monoisotopic (exact) mass is 279 g/mol. The second-order valence-corrected chi connectivity index (χ2v) is 3.33. The van der Waals surface area contributed by atoms with Crippen LogP contribution in [0, 0.1) is 5.21 Å². The average molecular weight is 279 g/mol. The van der Waals surface area contributed by atoms with Crippen LogP contribution in [0.5, 0.6) is 0 Å². The topological polar surface area (TPSA) is 124 Å². The number of carbonyl (C=O) groups excluding carboxylic acids is 1. The minimum absolute atomic E-state index is 0.0428. The van der Waals surface area contributed by atoms with Gasteiger partial charge in [0.1, 0.15) is 0 Å². The van der Waals surface area contributed by atoms with Gasteiger partial charge in [0, 0.05) is 6.92 Å². The maximum absolute atomic E-state index is 11.3. The molecular weight excluding hydrogens is 262 g/mol. The molecule has 0 amide bonds. The first-order valence-electron chi connectivity index (χ1n) is 5.47. The highest BCUT2D eigenvalue weighted by Crippen LogP contribution is 1.99. The average Bonchev–Trinajstić information content (AvgIpc) is 2.33. The third-order valence-corrected chi connectivity index (χ3v) is 1.73. The van der Waals surface area contributed by atoms with E-state index in [-0.39, 0.29) is 24.5 Å². The summed E-state index contributed by atoms with van der Waals surface area (Å²) < 4.78 is 9.05. The summed E-state index contributed by atoms with van der Waals surface area (Å²) in [7, 11) is 1.33. The molecule has 10 heteroatoms. The Kier molecular flexibility index (Phi) is 7.73. The van der Waals surface area contributed by atoms with E-state index in [1.807, 2.05) is 0 Å². The lowest BCUT2D eigenvalue weighted by Crippen LogP contribution is -2.29. The van der Waals surface area contributed by atoms with Gasteiger partial charge in [-0.15, -0.1) is 5.01 Å².